The molecule has 408 valence electrons. The molecule has 6 fully saturated rings. The number of halogens is 5. The molecule has 4 aromatic rings. The summed E-state index contributed by atoms with van der Waals surface area (Å²) < 4.78 is 35.9. The van der Waals surface area contributed by atoms with Crippen molar-refractivity contribution in [2.75, 3.05) is 60.8 Å². The SMILES string of the molecule is COc1ccc(CNc2nc(N3CC4CC4C3)ncc2C(=O)NC2CCC(O)CC2)cc1Cl.COc1ccc(CNc2nc(N3CC4CC4C3)ncc2C(=O)NC2CCC(OP(=O)(O)O)CC2)cc1Cl.O=P(Cl)(Cl)Cl. The van der Waals surface area contributed by atoms with Crippen LogP contribution in [-0.4, -0.2) is 111 Å². The quantitative estimate of drug-likeness (QED) is 0.0515. The number of hydrogen-bond acceptors (Lipinski definition) is 16. The standard InChI is InChI=1S/C24H31ClN5O6P.C24H30ClN5O3.Cl3OP/c1-35-21-7-2-14(8-20(21)25)10-26-22-19(11-27-24(29-22)30-12-15-9-16(15)13-30)23(31)28-17-3-5-18(6-4-17)36-37(32,33)34;1-33-21-7-2-14(8-20(21)25)10-26-22-19(23(32)28-17-3-5-18(31)6-4-17)11-27-24(29-22)30-12-15-9-16(15)13-30;1-5(2,3)4/h2,7-8,11,15-18H,3-6,9-10,12-13H2,1H3,(H,28,31)(H,26,27,29)(H2,32,33,34);2,7-8,11,15-18,31H,3-6,9-10,12-13H2,1H3,(H,28,32)(H,26,27,29);. The lowest BCUT2D eigenvalue weighted by molar-refractivity contribution is 0.0820. The van der Waals surface area contributed by atoms with E-state index in [-0.39, 0.29) is 30.0 Å². The van der Waals surface area contributed by atoms with Crippen molar-refractivity contribution in [3.05, 3.63) is 81.1 Å². The second-order valence-electron chi connectivity index (χ2n) is 19.8. The first-order valence-corrected chi connectivity index (χ1v) is 31.5. The molecule has 2 aliphatic heterocycles. The predicted octanol–water partition coefficient (Wildman–Crippen LogP) is 9.41. The van der Waals surface area contributed by atoms with Crippen LogP contribution in [0.4, 0.5) is 23.5 Å². The maximum absolute atomic E-state index is 13.2. The molecule has 0 bridgehead atoms. The Morgan fingerprint density at radius 2 is 1.04 bits per heavy atom. The Balaban J connectivity index is 0.000000184. The molecule has 4 unspecified atom stereocenters. The number of rotatable bonds is 16. The van der Waals surface area contributed by atoms with Crippen LogP contribution in [0.1, 0.15) is 96.1 Å². The predicted molar refractivity (Wildman–Crippen MR) is 290 cm³/mol. The number of aromatic nitrogens is 4. The van der Waals surface area contributed by atoms with Crippen LogP contribution in [0.5, 0.6) is 11.5 Å². The summed E-state index contributed by atoms with van der Waals surface area (Å²) in [5, 5.41) is 20.3. The van der Waals surface area contributed by atoms with Crippen molar-refractivity contribution < 1.29 is 47.6 Å². The number of phosphoric ester groups is 1. The Morgan fingerprint density at radius 1 is 0.653 bits per heavy atom. The number of carbonyl (C=O) groups is 2. The Kier molecular flexibility index (Phi) is 19.3. The molecule has 75 heavy (non-hydrogen) atoms. The van der Waals surface area contributed by atoms with Crippen LogP contribution < -0.4 is 40.5 Å². The molecule has 6 aliphatic rings. The van der Waals surface area contributed by atoms with E-state index in [0.29, 0.717) is 120 Å². The fourth-order valence-corrected chi connectivity index (χ4v) is 11.2. The molecule has 4 heterocycles. The highest BCUT2D eigenvalue weighted by Gasteiger charge is 2.47. The van der Waals surface area contributed by atoms with Crippen molar-refractivity contribution in [2.24, 2.45) is 23.7 Å². The molecule has 2 saturated heterocycles. The smallest absolute Gasteiger partial charge is 0.469 e. The van der Waals surface area contributed by atoms with Crippen LogP contribution in [-0.2, 0) is 26.7 Å². The van der Waals surface area contributed by atoms with Gasteiger partial charge in [-0.2, -0.15) is 9.97 Å². The third-order valence-electron chi connectivity index (χ3n) is 14.2. The first-order valence-electron chi connectivity index (χ1n) is 24.8. The van der Waals surface area contributed by atoms with Crippen LogP contribution in [0.15, 0.2) is 48.8 Å². The van der Waals surface area contributed by atoms with E-state index in [4.69, 9.17) is 57.0 Å². The molecule has 20 nitrogen and oxygen atoms in total. The highest BCUT2D eigenvalue weighted by molar-refractivity contribution is 8.24. The largest absolute Gasteiger partial charge is 0.495 e. The van der Waals surface area contributed by atoms with Crippen molar-refractivity contribution in [2.45, 2.75) is 102 Å². The highest BCUT2D eigenvalue weighted by atomic mass is 36.0. The maximum Gasteiger partial charge on any atom is 0.469 e. The third kappa shape index (κ3) is 16.8. The number of anilines is 4. The van der Waals surface area contributed by atoms with Crippen LogP contribution in [0.25, 0.3) is 0 Å². The van der Waals surface area contributed by atoms with Gasteiger partial charge in [0.1, 0.15) is 34.3 Å². The van der Waals surface area contributed by atoms with Crippen molar-refractivity contribution in [3.63, 3.8) is 0 Å². The summed E-state index contributed by atoms with van der Waals surface area (Å²) >= 11 is 26.4. The average molecular weight is 1180 g/mol. The number of phosphoric acid groups is 1. The minimum absolute atomic E-state index is 0.0551. The fraction of sp³-hybridized carbons (Fsp3) is 0.542. The molecule has 7 N–H and O–H groups in total. The van der Waals surface area contributed by atoms with Crippen molar-refractivity contribution >= 4 is 105 Å². The summed E-state index contributed by atoms with van der Waals surface area (Å²) in [5.74, 6) is 5.89. The normalized spacial score (nSPS) is 24.5. The Bertz CT molecular complexity index is 2740. The zero-order valence-corrected chi connectivity index (χ0v) is 46.8. The van der Waals surface area contributed by atoms with E-state index in [2.05, 4.69) is 74.8 Å². The molecule has 27 heteroatoms. The number of ether oxygens (including phenoxy) is 2. The van der Waals surface area contributed by atoms with E-state index in [1.807, 2.05) is 24.3 Å². The summed E-state index contributed by atoms with van der Waals surface area (Å²) in [5.41, 5.74) is 2.62. The highest BCUT2D eigenvalue weighted by Crippen LogP contribution is 2.61. The van der Waals surface area contributed by atoms with Gasteiger partial charge in [-0.3, -0.25) is 18.7 Å². The molecule has 0 spiro atoms. The van der Waals surface area contributed by atoms with Crippen LogP contribution in [0, 0.1) is 23.7 Å². The minimum Gasteiger partial charge on any atom is -0.495 e. The lowest BCUT2D eigenvalue weighted by atomic mass is 9.93. The van der Waals surface area contributed by atoms with Gasteiger partial charge in [-0.1, -0.05) is 35.3 Å². The number of benzene rings is 2. The lowest BCUT2D eigenvalue weighted by Gasteiger charge is -2.29. The van der Waals surface area contributed by atoms with Crippen molar-refractivity contribution in [1.82, 2.24) is 30.6 Å². The summed E-state index contributed by atoms with van der Waals surface area (Å²) in [6.45, 7) is 4.69. The van der Waals surface area contributed by atoms with Gasteiger partial charge in [-0.25, -0.2) is 14.5 Å². The number of piperidine rings is 2. The van der Waals surface area contributed by atoms with Gasteiger partial charge in [-0.15, -0.1) is 0 Å². The van der Waals surface area contributed by atoms with Gasteiger partial charge >= 0.3 is 13.0 Å². The summed E-state index contributed by atoms with van der Waals surface area (Å²) in [4.78, 5) is 67.3. The average Bonchev–Trinajstić information content (AvgIpc) is 4.22. The first-order chi connectivity index (χ1) is 35.7. The van der Waals surface area contributed by atoms with E-state index in [1.54, 1.807) is 38.7 Å². The van der Waals surface area contributed by atoms with Gasteiger partial charge in [0.2, 0.25) is 11.9 Å². The zero-order chi connectivity index (χ0) is 53.6. The number of amides is 2. The van der Waals surface area contributed by atoms with Crippen molar-refractivity contribution in [1.29, 1.82) is 0 Å². The van der Waals surface area contributed by atoms with E-state index < -0.39 is 19.1 Å². The number of carbonyl (C=O) groups excluding carboxylic acids is 2. The van der Waals surface area contributed by atoms with Gasteiger partial charge < -0.3 is 55.4 Å². The number of aliphatic hydroxyl groups is 1. The van der Waals surface area contributed by atoms with E-state index in [0.717, 1.165) is 62.0 Å². The number of aliphatic hydroxyl groups excluding tert-OH is 1. The van der Waals surface area contributed by atoms with Crippen LogP contribution >= 0.6 is 69.9 Å². The number of methoxy groups -OCH3 is 2. The van der Waals surface area contributed by atoms with Crippen LogP contribution in [0.3, 0.4) is 0 Å². The Morgan fingerprint density at radius 3 is 1.40 bits per heavy atom. The molecule has 2 aromatic carbocycles. The summed E-state index contributed by atoms with van der Waals surface area (Å²) in [6, 6.07) is 11.0. The topological polar surface area (TPSA) is 263 Å². The maximum atomic E-state index is 13.2. The molecular weight excluding hydrogens is 1120 g/mol. The van der Waals surface area contributed by atoms with Gasteiger partial charge in [0.05, 0.1) is 36.5 Å². The summed E-state index contributed by atoms with van der Waals surface area (Å²) in [7, 11) is -1.38. The molecular formula is C48H61Cl5N10O10P2. The van der Waals surface area contributed by atoms with E-state index in [9.17, 15) is 23.8 Å². The minimum atomic E-state index is -4.52. The Hall–Kier alpha value is -3.91. The van der Waals surface area contributed by atoms with E-state index in [1.165, 1.54) is 12.8 Å². The monoisotopic (exact) mass is 1170 g/mol. The molecule has 10 rings (SSSR count). The van der Waals surface area contributed by atoms with E-state index >= 15 is 0 Å². The molecule has 0 radical (unpaired) electrons. The molecule has 4 atom stereocenters. The molecule has 4 saturated carbocycles. The fourth-order valence-electron chi connectivity index (χ4n) is 10.0. The molecule has 2 amide bonds. The second-order valence-corrected chi connectivity index (χ2v) is 28.4. The second kappa shape index (κ2) is 25.3. The van der Waals surface area contributed by atoms with Crippen LogP contribution in [0.2, 0.25) is 10.0 Å². The third-order valence-corrected chi connectivity index (χ3v) is 15.4. The van der Waals surface area contributed by atoms with Gasteiger partial charge in [0.15, 0.2) is 0 Å². The molecule has 2 aromatic heterocycles. The number of hydrogen-bond donors (Lipinski definition) is 7. The van der Waals surface area contributed by atoms with Gasteiger partial charge in [-0.05, 0) is 157 Å². The first kappa shape index (κ1) is 57.3. The summed E-state index contributed by atoms with van der Waals surface area (Å²) in [6.07, 6.45) is 9.95. The number of nitrogens with zero attached hydrogens (tertiary/aromatic N) is 6. The number of fused-ring (bicyclic) bond motifs is 2. The lowest BCUT2D eigenvalue weighted by Crippen LogP contribution is -2.39. The van der Waals surface area contributed by atoms with Crippen molar-refractivity contribution in [3.8, 4) is 11.5 Å². The number of nitrogens with one attached hydrogen (secondary N) is 4. The van der Waals surface area contributed by atoms with Gasteiger partial charge in [0.25, 0.3) is 11.8 Å². The Labute approximate surface area is 459 Å². The zero-order valence-electron chi connectivity index (χ0n) is 41.2. The molecule has 4 aliphatic carbocycles. The van der Waals surface area contributed by atoms with Gasteiger partial charge in [0, 0.05) is 63.7 Å².